The smallest absolute Gasteiger partial charge is 0.158 e. The summed E-state index contributed by atoms with van der Waals surface area (Å²) in [6, 6.07) is 0. The molecule has 16 heavy (non-hydrogen) atoms. The first-order valence-corrected chi connectivity index (χ1v) is 5.91. The molecule has 0 unspecified atom stereocenters. The lowest BCUT2D eigenvalue weighted by Gasteiger charge is -2.16. The summed E-state index contributed by atoms with van der Waals surface area (Å²) >= 11 is 0. The van der Waals surface area contributed by atoms with Gasteiger partial charge in [-0.25, -0.2) is 0 Å². The van der Waals surface area contributed by atoms with E-state index < -0.39 is 0 Å². The van der Waals surface area contributed by atoms with Crippen molar-refractivity contribution in [1.82, 2.24) is 0 Å². The Kier molecular flexibility index (Phi) is 11.6. The first-order valence-electron chi connectivity index (χ1n) is 5.91. The van der Waals surface area contributed by atoms with Gasteiger partial charge in [0.25, 0.3) is 0 Å². The molecular weight excluding hydrogens is 200 g/mol. The van der Waals surface area contributed by atoms with Crippen molar-refractivity contribution in [2.75, 3.05) is 13.2 Å². The van der Waals surface area contributed by atoms with Crippen molar-refractivity contribution in [2.45, 2.75) is 38.4 Å². The van der Waals surface area contributed by atoms with Gasteiger partial charge in [-0.1, -0.05) is 24.6 Å². The number of allylic oxidation sites excluding steroid dienone is 1. The third-order valence-electron chi connectivity index (χ3n) is 2.15. The van der Waals surface area contributed by atoms with Gasteiger partial charge in [-0.2, -0.15) is 0 Å². The molecule has 0 bridgehead atoms. The summed E-state index contributed by atoms with van der Waals surface area (Å²) in [5, 5.41) is 0. The van der Waals surface area contributed by atoms with Gasteiger partial charge >= 0.3 is 0 Å². The molecule has 0 aliphatic carbocycles. The van der Waals surface area contributed by atoms with Crippen molar-refractivity contribution in [3.05, 3.63) is 38.0 Å². The Morgan fingerprint density at radius 1 is 0.812 bits per heavy atom. The summed E-state index contributed by atoms with van der Waals surface area (Å²) < 4.78 is 11.0. The van der Waals surface area contributed by atoms with Gasteiger partial charge in [0.2, 0.25) is 0 Å². The van der Waals surface area contributed by atoms with E-state index in [-0.39, 0.29) is 6.29 Å². The fraction of sp³-hybridized carbons (Fsp3) is 0.571. The fourth-order valence-corrected chi connectivity index (χ4v) is 1.34. The van der Waals surface area contributed by atoms with Gasteiger partial charge in [-0.15, -0.1) is 19.7 Å². The van der Waals surface area contributed by atoms with E-state index in [4.69, 9.17) is 9.47 Å². The van der Waals surface area contributed by atoms with E-state index in [9.17, 15) is 0 Å². The Balaban J connectivity index is 3.58. The molecule has 0 rings (SSSR count). The molecule has 0 aromatic carbocycles. The first-order chi connectivity index (χ1) is 7.85. The highest BCUT2D eigenvalue weighted by Gasteiger charge is 2.07. The maximum Gasteiger partial charge on any atom is 0.158 e. The summed E-state index contributed by atoms with van der Waals surface area (Å²) in [5.74, 6) is 0. The first kappa shape index (κ1) is 15.1. The molecule has 0 aliphatic rings. The van der Waals surface area contributed by atoms with Crippen LogP contribution in [0.25, 0.3) is 0 Å². The predicted molar refractivity (Wildman–Crippen MR) is 69.4 cm³/mol. The molecule has 0 radical (unpaired) electrons. The van der Waals surface area contributed by atoms with Crippen LogP contribution in [0.2, 0.25) is 0 Å². The third-order valence-corrected chi connectivity index (χ3v) is 2.15. The van der Waals surface area contributed by atoms with E-state index in [1.54, 1.807) is 12.2 Å². The molecule has 0 aliphatic heterocycles. The Morgan fingerprint density at radius 2 is 1.44 bits per heavy atom. The predicted octanol–water partition coefficient (Wildman–Crippen LogP) is 3.85. The molecule has 2 heteroatoms. The van der Waals surface area contributed by atoms with E-state index >= 15 is 0 Å². The molecule has 2 nitrogen and oxygen atoms in total. The van der Waals surface area contributed by atoms with Gasteiger partial charge < -0.3 is 9.47 Å². The van der Waals surface area contributed by atoms with E-state index in [2.05, 4.69) is 19.7 Å². The van der Waals surface area contributed by atoms with E-state index in [0.29, 0.717) is 13.2 Å². The molecule has 0 fully saturated rings. The van der Waals surface area contributed by atoms with Crippen LogP contribution >= 0.6 is 0 Å². The topological polar surface area (TPSA) is 18.5 Å². The van der Waals surface area contributed by atoms with Crippen LogP contribution < -0.4 is 0 Å². The van der Waals surface area contributed by atoms with Crippen molar-refractivity contribution in [3.63, 3.8) is 0 Å². The van der Waals surface area contributed by atoms with Crippen LogP contribution in [0, 0.1) is 0 Å². The zero-order valence-corrected chi connectivity index (χ0v) is 10.2. The van der Waals surface area contributed by atoms with Gasteiger partial charge in [0.05, 0.1) is 13.2 Å². The molecule has 0 atom stereocenters. The molecular formula is C14H24O2. The van der Waals surface area contributed by atoms with Crippen molar-refractivity contribution in [1.29, 1.82) is 0 Å². The Morgan fingerprint density at radius 3 is 1.94 bits per heavy atom. The largest absolute Gasteiger partial charge is 0.349 e. The van der Waals surface area contributed by atoms with Gasteiger partial charge in [0, 0.05) is 0 Å². The summed E-state index contributed by atoms with van der Waals surface area (Å²) in [4.78, 5) is 0. The second kappa shape index (κ2) is 12.2. The molecule has 0 amide bonds. The van der Waals surface area contributed by atoms with Crippen molar-refractivity contribution in [3.8, 4) is 0 Å². The standard InChI is InChI=1S/C14H24O2/c1-4-7-8-9-10-11-14(15-12-5-2)16-13-6-3/h4-6,14H,1-3,7-13H2. The molecule has 0 saturated carbocycles. The highest BCUT2D eigenvalue weighted by molar-refractivity contribution is 4.68. The van der Waals surface area contributed by atoms with Crippen LogP contribution in [0.15, 0.2) is 38.0 Å². The Bertz CT molecular complexity index is 175. The number of hydrogen-bond donors (Lipinski definition) is 0. The Hall–Kier alpha value is -0.860. The second-order valence-electron chi connectivity index (χ2n) is 3.60. The molecule has 0 N–H and O–H groups in total. The maximum atomic E-state index is 5.49. The minimum atomic E-state index is -0.125. The number of unbranched alkanes of at least 4 members (excludes halogenated alkanes) is 3. The third kappa shape index (κ3) is 9.69. The Labute approximate surface area is 99.6 Å². The van der Waals surface area contributed by atoms with Crippen LogP contribution in [0.5, 0.6) is 0 Å². The van der Waals surface area contributed by atoms with Crippen molar-refractivity contribution in [2.24, 2.45) is 0 Å². The lowest BCUT2D eigenvalue weighted by molar-refractivity contribution is -0.131. The summed E-state index contributed by atoms with van der Waals surface area (Å²) in [6.45, 7) is 12.0. The van der Waals surface area contributed by atoms with Crippen LogP contribution in [0.3, 0.4) is 0 Å². The highest BCUT2D eigenvalue weighted by Crippen LogP contribution is 2.10. The summed E-state index contributed by atoms with van der Waals surface area (Å²) in [6.07, 6.45) is 10.8. The van der Waals surface area contributed by atoms with Gasteiger partial charge in [0.15, 0.2) is 6.29 Å². The second-order valence-corrected chi connectivity index (χ2v) is 3.60. The zero-order valence-electron chi connectivity index (χ0n) is 10.2. The average Bonchev–Trinajstić information content (AvgIpc) is 2.31. The van der Waals surface area contributed by atoms with E-state index in [0.717, 1.165) is 19.3 Å². The summed E-state index contributed by atoms with van der Waals surface area (Å²) in [7, 11) is 0. The monoisotopic (exact) mass is 224 g/mol. The number of hydrogen-bond acceptors (Lipinski definition) is 2. The summed E-state index contributed by atoms with van der Waals surface area (Å²) in [5.41, 5.74) is 0. The van der Waals surface area contributed by atoms with Crippen molar-refractivity contribution >= 4 is 0 Å². The molecule has 0 aromatic heterocycles. The molecule has 0 spiro atoms. The molecule has 0 saturated heterocycles. The van der Waals surface area contributed by atoms with E-state index in [1.165, 1.54) is 12.8 Å². The van der Waals surface area contributed by atoms with Crippen LogP contribution in [-0.2, 0) is 9.47 Å². The molecule has 0 heterocycles. The minimum Gasteiger partial charge on any atom is -0.349 e. The highest BCUT2D eigenvalue weighted by atomic mass is 16.7. The van der Waals surface area contributed by atoms with Crippen LogP contribution in [-0.4, -0.2) is 19.5 Å². The van der Waals surface area contributed by atoms with Gasteiger partial charge in [-0.05, 0) is 25.7 Å². The number of ether oxygens (including phenoxy) is 2. The van der Waals surface area contributed by atoms with Crippen molar-refractivity contribution < 1.29 is 9.47 Å². The molecule has 0 aromatic rings. The normalized spacial score (nSPS) is 10.3. The molecule has 92 valence electrons. The minimum absolute atomic E-state index is 0.125. The average molecular weight is 224 g/mol. The zero-order chi connectivity index (χ0) is 12.1. The number of rotatable bonds is 12. The lowest BCUT2D eigenvalue weighted by Crippen LogP contribution is -2.17. The van der Waals surface area contributed by atoms with Crippen LogP contribution in [0.4, 0.5) is 0 Å². The maximum absolute atomic E-state index is 5.49. The van der Waals surface area contributed by atoms with Gasteiger partial charge in [0.1, 0.15) is 0 Å². The lowest BCUT2D eigenvalue weighted by atomic mass is 10.1. The van der Waals surface area contributed by atoms with Crippen LogP contribution in [0.1, 0.15) is 32.1 Å². The van der Waals surface area contributed by atoms with Gasteiger partial charge in [-0.3, -0.25) is 0 Å². The fourth-order valence-electron chi connectivity index (χ4n) is 1.34. The SMILES string of the molecule is C=CCCCCCC(OCC=C)OCC=C. The van der Waals surface area contributed by atoms with E-state index in [1.807, 2.05) is 6.08 Å². The quantitative estimate of drug-likeness (QED) is 0.285.